The van der Waals surface area contributed by atoms with Crippen LogP contribution in [0.3, 0.4) is 0 Å². The number of hydrogen-bond acceptors (Lipinski definition) is 4. The highest BCUT2D eigenvalue weighted by molar-refractivity contribution is 5.69. The molecule has 0 aromatic rings. The largest absolute Gasteiger partial charge is 0.480 e. The van der Waals surface area contributed by atoms with Crippen LogP contribution in [0.25, 0.3) is 0 Å². The van der Waals surface area contributed by atoms with Gasteiger partial charge in [-0.2, -0.15) is 13.2 Å². The van der Waals surface area contributed by atoms with E-state index in [4.69, 9.17) is 9.84 Å². The zero-order valence-corrected chi connectivity index (χ0v) is 10.8. The van der Waals surface area contributed by atoms with Crippen molar-refractivity contribution >= 4 is 5.97 Å². The van der Waals surface area contributed by atoms with Gasteiger partial charge >= 0.3 is 12.1 Å². The second-order valence-corrected chi connectivity index (χ2v) is 4.56. The molecule has 1 atom stereocenters. The molecule has 1 unspecified atom stereocenters. The Morgan fingerprint density at radius 1 is 1.53 bits per heavy atom. The van der Waals surface area contributed by atoms with Crippen molar-refractivity contribution in [3.63, 3.8) is 0 Å². The standard InChI is InChI=1S/C11H19F3N2O3/c1-2-15-3-4-19-9(5-15)6-16(7-10(17)18)8-11(12,13)14/h9H,2-8H2,1H3,(H,17,18). The monoisotopic (exact) mass is 284 g/mol. The van der Waals surface area contributed by atoms with Gasteiger partial charge in [0.15, 0.2) is 0 Å². The Kier molecular flexibility index (Phi) is 6.02. The van der Waals surface area contributed by atoms with Crippen molar-refractivity contribution in [3.8, 4) is 0 Å². The molecule has 1 rings (SSSR count). The molecular weight excluding hydrogens is 265 g/mol. The number of ether oxygens (including phenoxy) is 1. The van der Waals surface area contributed by atoms with Crippen molar-refractivity contribution in [2.75, 3.05) is 45.9 Å². The molecule has 0 aromatic heterocycles. The molecule has 112 valence electrons. The zero-order chi connectivity index (χ0) is 14.5. The minimum absolute atomic E-state index is 0.0255. The fraction of sp³-hybridized carbons (Fsp3) is 0.909. The molecule has 0 aliphatic carbocycles. The summed E-state index contributed by atoms with van der Waals surface area (Å²) in [5.41, 5.74) is 0. The topological polar surface area (TPSA) is 53.0 Å². The molecular formula is C11H19F3N2O3. The number of carbonyl (C=O) groups is 1. The van der Waals surface area contributed by atoms with Crippen LogP contribution in [-0.4, -0.2) is 79.0 Å². The van der Waals surface area contributed by atoms with Crippen molar-refractivity contribution in [1.82, 2.24) is 9.80 Å². The molecule has 0 amide bonds. The number of carboxylic acid groups (broad SMARTS) is 1. The maximum absolute atomic E-state index is 12.4. The molecule has 0 radical (unpaired) electrons. The molecule has 19 heavy (non-hydrogen) atoms. The lowest BCUT2D eigenvalue weighted by atomic mass is 10.2. The van der Waals surface area contributed by atoms with Gasteiger partial charge in [0.1, 0.15) is 0 Å². The molecule has 0 bridgehead atoms. The zero-order valence-electron chi connectivity index (χ0n) is 10.8. The van der Waals surface area contributed by atoms with E-state index < -0.39 is 25.2 Å². The molecule has 5 nitrogen and oxygen atoms in total. The average Bonchev–Trinajstić information content (AvgIpc) is 2.26. The number of halogens is 3. The predicted molar refractivity (Wildman–Crippen MR) is 62.0 cm³/mol. The number of hydrogen-bond donors (Lipinski definition) is 1. The Balaban J connectivity index is 2.53. The van der Waals surface area contributed by atoms with Crippen molar-refractivity contribution in [3.05, 3.63) is 0 Å². The first-order valence-corrected chi connectivity index (χ1v) is 6.15. The minimum atomic E-state index is -4.41. The number of carboxylic acids is 1. The summed E-state index contributed by atoms with van der Waals surface area (Å²) in [6, 6.07) is 0. The number of morpholine rings is 1. The van der Waals surface area contributed by atoms with Crippen LogP contribution in [0.4, 0.5) is 13.2 Å². The molecule has 1 aliphatic rings. The second kappa shape index (κ2) is 7.06. The minimum Gasteiger partial charge on any atom is -0.480 e. The van der Waals surface area contributed by atoms with Gasteiger partial charge in [-0.3, -0.25) is 14.6 Å². The van der Waals surface area contributed by atoms with Crippen LogP contribution in [-0.2, 0) is 9.53 Å². The van der Waals surface area contributed by atoms with E-state index >= 15 is 0 Å². The lowest BCUT2D eigenvalue weighted by Gasteiger charge is -2.35. The van der Waals surface area contributed by atoms with Crippen molar-refractivity contribution in [2.24, 2.45) is 0 Å². The summed E-state index contributed by atoms with van der Waals surface area (Å²) in [4.78, 5) is 13.5. The van der Waals surface area contributed by atoms with E-state index in [1.807, 2.05) is 6.92 Å². The van der Waals surface area contributed by atoms with Gasteiger partial charge in [-0.1, -0.05) is 6.92 Å². The fourth-order valence-corrected chi connectivity index (χ4v) is 2.10. The van der Waals surface area contributed by atoms with Gasteiger partial charge in [-0.25, -0.2) is 0 Å². The van der Waals surface area contributed by atoms with Crippen molar-refractivity contribution < 1.29 is 27.8 Å². The molecule has 1 aliphatic heterocycles. The van der Waals surface area contributed by atoms with Gasteiger partial charge in [0.2, 0.25) is 0 Å². The van der Waals surface area contributed by atoms with Crippen LogP contribution in [0.2, 0.25) is 0 Å². The third-order valence-corrected chi connectivity index (χ3v) is 2.89. The van der Waals surface area contributed by atoms with Crippen molar-refractivity contribution in [2.45, 2.75) is 19.2 Å². The Morgan fingerprint density at radius 3 is 2.74 bits per heavy atom. The summed E-state index contributed by atoms with van der Waals surface area (Å²) < 4.78 is 42.5. The van der Waals surface area contributed by atoms with Gasteiger partial charge in [-0.05, 0) is 6.54 Å². The fourth-order valence-electron chi connectivity index (χ4n) is 2.10. The highest BCUT2D eigenvalue weighted by Crippen LogP contribution is 2.17. The first kappa shape index (κ1) is 16.2. The highest BCUT2D eigenvalue weighted by Gasteiger charge is 2.33. The average molecular weight is 284 g/mol. The first-order chi connectivity index (χ1) is 8.80. The van der Waals surface area contributed by atoms with E-state index in [-0.39, 0.29) is 12.6 Å². The van der Waals surface area contributed by atoms with Gasteiger partial charge in [0, 0.05) is 19.6 Å². The molecule has 1 saturated heterocycles. The first-order valence-electron chi connectivity index (χ1n) is 6.15. The molecule has 0 aromatic carbocycles. The molecule has 1 heterocycles. The third kappa shape index (κ3) is 6.74. The smallest absolute Gasteiger partial charge is 0.401 e. The number of nitrogens with zero attached hydrogens (tertiary/aromatic N) is 2. The Hall–Kier alpha value is -0.860. The summed E-state index contributed by atoms with van der Waals surface area (Å²) in [5, 5.41) is 8.65. The van der Waals surface area contributed by atoms with Crippen molar-refractivity contribution in [1.29, 1.82) is 0 Å². The van der Waals surface area contributed by atoms with Crippen LogP contribution >= 0.6 is 0 Å². The quantitative estimate of drug-likeness (QED) is 0.776. The molecule has 8 heteroatoms. The van der Waals surface area contributed by atoms with E-state index in [1.165, 1.54) is 0 Å². The van der Waals surface area contributed by atoms with E-state index in [0.717, 1.165) is 18.0 Å². The SMILES string of the molecule is CCN1CCOC(CN(CC(=O)O)CC(F)(F)F)C1. The molecule has 1 fully saturated rings. The molecule has 1 N–H and O–H groups in total. The normalized spacial score (nSPS) is 21.8. The van der Waals surface area contributed by atoms with Gasteiger partial charge in [0.05, 0.1) is 25.8 Å². The summed E-state index contributed by atoms with van der Waals surface area (Å²) in [6.07, 6.45) is -4.79. The maximum atomic E-state index is 12.4. The third-order valence-electron chi connectivity index (χ3n) is 2.89. The van der Waals surface area contributed by atoms with E-state index in [0.29, 0.717) is 13.2 Å². The van der Waals surface area contributed by atoms with Gasteiger partial charge < -0.3 is 9.84 Å². The van der Waals surface area contributed by atoms with Crippen LogP contribution in [0.5, 0.6) is 0 Å². The summed E-state index contributed by atoms with van der Waals surface area (Å²) in [6.45, 7) is 2.63. The number of aliphatic carboxylic acids is 1. The van der Waals surface area contributed by atoms with Crippen LogP contribution < -0.4 is 0 Å². The predicted octanol–water partition coefficient (Wildman–Crippen LogP) is 0.656. The maximum Gasteiger partial charge on any atom is 0.401 e. The highest BCUT2D eigenvalue weighted by atomic mass is 19.4. The Morgan fingerprint density at radius 2 is 2.21 bits per heavy atom. The van der Waals surface area contributed by atoms with E-state index in [9.17, 15) is 18.0 Å². The van der Waals surface area contributed by atoms with E-state index in [1.54, 1.807) is 0 Å². The van der Waals surface area contributed by atoms with Gasteiger partial charge in [0.25, 0.3) is 0 Å². The van der Waals surface area contributed by atoms with Gasteiger partial charge in [-0.15, -0.1) is 0 Å². The summed E-state index contributed by atoms with van der Waals surface area (Å²) in [5.74, 6) is -1.27. The number of alkyl halides is 3. The second-order valence-electron chi connectivity index (χ2n) is 4.56. The summed E-state index contributed by atoms with van der Waals surface area (Å²) >= 11 is 0. The lowest BCUT2D eigenvalue weighted by molar-refractivity contribution is -0.158. The molecule has 0 saturated carbocycles. The molecule has 0 spiro atoms. The summed E-state index contributed by atoms with van der Waals surface area (Å²) in [7, 11) is 0. The van der Waals surface area contributed by atoms with Crippen LogP contribution in [0.15, 0.2) is 0 Å². The lowest BCUT2D eigenvalue weighted by Crippen LogP contribution is -2.49. The van der Waals surface area contributed by atoms with Crippen LogP contribution in [0.1, 0.15) is 6.92 Å². The van der Waals surface area contributed by atoms with E-state index in [2.05, 4.69) is 4.90 Å². The Labute approximate surface area is 109 Å². The Bertz CT molecular complexity index is 299. The number of likely N-dealkylation sites (N-methyl/N-ethyl adjacent to an activating group) is 1. The number of rotatable bonds is 6. The van der Waals surface area contributed by atoms with Crippen LogP contribution in [0, 0.1) is 0 Å².